The number of carboxylic acids is 1. The van der Waals surface area contributed by atoms with E-state index in [1.54, 1.807) is 43.3 Å². The Morgan fingerprint density at radius 2 is 2.08 bits per heavy atom. The lowest BCUT2D eigenvalue weighted by Crippen LogP contribution is -2.51. The standard InChI is InChI=1S/C17H20N2O4S/c1-2-3-9-13(17(22)23)18-15(20)14-10-24-11-19(14)16(21)12-7-5-4-6-8-12/h2-8,13-14H,9-11H2,1H3,(H,18,20)(H,22,23)/b3-2+. The molecule has 1 heterocycles. The lowest BCUT2D eigenvalue weighted by Gasteiger charge is -2.24. The summed E-state index contributed by atoms with van der Waals surface area (Å²) in [6, 6.07) is 7.10. The van der Waals surface area contributed by atoms with Gasteiger partial charge in [-0.1, -0.05) is 30.4 Å². The molecule has 1 aliphatic rings. The predicted octanol–water partition coefficient (Wildman–Crippen LogP) is 1.74. The molecule has 0 aromatic heterocycles. The summed E-state index contributed by atoms with van der Waals surface area (Å²) >= 11 is 1.48. The van der Waals surface area contributed by atoms with Crippen LogP contribution in [0.1, 0.15) is 23.7 Å². The molecule has 0 aliphatic carbocycles. The van der Waals surface area contributed by atoms with Crippen LogP contribution in [0, 0.1) is 0 Å². The van der Waals surface area contributed by atoms with E-state index >= 15 is 0 Å². The van der Waals surface area contributed by atoms with Crippen molar-refractivity contribution in [1.82, 2.24) is 10.2 Å². The Balaban J connectivity index is 2.07. The smallest absolute Gasteiger partial charge is 0.326 e. The van der Waals surface area contributed by atoms with Crippen LogP contribution in [0.5, 0.6) is 0 Å². The average molecular weight is 348 g/mol. The highest BCUT2D eigenvalue weighted by Gasteiger charge is 2.36. The fourth-order valence-corrected chi connectivity index (χ4v) is 3.52. The van der Waals surface area contributed by atoms with Gasteiger partial charge in [0, 0.05) is 11.3 Å². The van der Waals surface area contributed by atoms with E-state index in [4.69, 9.17) is 0 Å². The van der Waals surface area contributed by atoms with Crippen LogP contribution in [0.15, 0.2) is 42.5 Å². The Morgan fingerprint density at radius 3 is 2.71 bits per heavy atom. The van der Waals surface area contributed by atoms with E-state index in [1.807, 2.05) is 6.07 Å². The molecule has 0 radical (unpaired) electrons. The first kappa shape index (κ1) is 18.1. The van der Waals surface area contributed by atoms with Gasteiger partial charge in [0.25, 0.3) is 5.91 Å². The molecular weight excluding hydrogens is 328 g/mol. The minimum Gasteiger partial charge on any atom is -0.480 e. The number of carboxylic acid groups (broad SMARTS) is 1. The van der Waals surface area contributed by atoms with Crippen molar-refractivity contribution in [1.29, 1.82) is 0 Å². The van der Waals surface area contributed by atoms with Gasteiger partial charge in [-0.2, -0.15) is 0 Å². The summed E-state index contributed by atoms with van der Waals surface area (Å²) in [6.07, 6.45) is 3.64. The van der Waals surface area contributed by atoms with Gasteiger partial charge in [-0.05, 0) is 25.5 Å². The molecule has 1 fully saturated rings. The Morgan fingerprint density at radius 1 is 1.38 bits per heavy atom. The maximum absolute atomic E-state index is 12.6. The van der Waals surface area contributed by atoms with Gasteiger partial charge in [-0.25, -0.2) is 4.79 Å². The number of aliphatic carboxylic acids is 1. The van der Waals surface area contributed by atoms with Crippen molar-refractivity contribution >= 4 is 29.5 Å². The third-order valence-electron chi connectivity index (χ3n) is 3.69. The Kier molecular flexibility index (Phi) is 6.43. The number of allylic oxidation sites excluding steroid dienone is 1. The minimum absolute atomic E-state index is 0.212. The van der Waals surface area contributed by atoms with Gasteiger partial charge >= 0.3 is 5.97 Å². The van der Waals surface area contributed by atoms with Crippen molar-refractivity contribution in [3.63, 3.8) is 0 Å². The number of benzene rings is 1. The number of hydrogen-bond donors (Lipinski definition) is 2. The van der Waals surface area contributed by atoms with Crippen LogP contribution >= 0.6 is 11.8 Å². The number of carbonyl (C=O) groups excluding carboxylic acids is 2. The first-order valence-electron chi connectivity index (χ1n) is 7.62. The highest BCUT2D eigenvalue weighted by molar-refractivity contribution is 7.99. The number of rotatable bonds is 6. The quantitative estimate of drug-likeness (QED) is 0.765. The summed E-state index contributed by atoms with van der Waals surface area (Å²) < 4.78 is 0. The molecular formula is C17H20N2O4S. The normalized spacial score (nSPS) is 18.5. The van der Waals surface area contributed by atoms with Gasteiger partial charge in [0.15, 0.2) is 0 Å². The summed E-state index contributed by atoms with van der Waals surface area (Å²) in [6.45, 7) is 1.79. The Labute approximate surface area is 144 Å². The maximum Gasteiger partial charge on any atom is 0.326 e. The molecule has 0 bridgehead atoms. The van der Waals surface area contributed by atoms with Gasteiger partial charge in [-0.3, -0.25) is 9.59 Å². The number of amides is 2. The molecule has 1 saturated heterocycles. The summed E-state index contributed by atoms with van der Waals surface area (Å²) in [4.78, 5) is 37.8. The van der Waals surface area contributed by atoms with Crippen LogP contribution < -0.4 is 5.32 Å². The lowest BCUT2D eigenvalue weighted by molar-refractivity contribution is -0.142. The van der Waals surface area contributed by atoms with Gasteiger partial charge in [0.1, 0.15) is 12.1 Å². The minimum atomic E-state index is -1.09. The summed E-state index contributed by atoms with van der Waals surface area (Å²) in [5.74, 6) is -0.867. The van der Waals surface area contributed by atoms with Gasteiger partial charge in [0.2, 0.25) is 5.91 Å². The third kappa shape index (κ3) is 4.38. The fraction of sp³-hybridized carbons (Fsp3) is 0.353. The van der Waals surface area contributed by atoms with Crippen molar-refractivity contribution in [3.8, 4) is 0 Å². The van der Waals surface area contributed by atoms with E-state index in [0.717, 1.165) is 0 Å². The zero-order valence-electron chi connectivity index (χ0n) is 13.3. The molecule has 2 amide bonds. The molecule has 2 N–H and O–H groups in total. The van der Waals surface area contributed by atoms with Crippen molar-refractivity contribution in [2.24, 2.45) is 0 Å². The number of carbonyl (C=O) groups is 3. The van der Waals surface area contributed by atoms with Crippen molar-refractivity contribution in [2.75, 3.05) is 11.6 Å². The first-order valence-corrected chi connectivity index (χ1v) is 8.78. The molecule has 1 aliphatic heterocycles. The number of hydrogen-bond acceptors (Lipinski definition) is 4. The van der Waals surface area contributed by atoms with E-state index in [2.05, 4.69) is 5.32 Å². The molecule has 0 saturated carbocycles. The van der Waals surface area contributed by atoms with Gasteiger partial charge in [-0.15, -0.1) is 11.8 Å². The average Bonchev–Trinajstić information content (AvgIpc) is 3.08. The second-order valence-electron chi connectivity index (χ2n) is 5.36. The van der Waals surface area contributed by atoms with Crippen LogP contribution in [0.25, 0.3) is 0 Å². The van der Waals surface area contributed by atoms with Crippen LogP contribution in [0.4, 0.5) is 0 Å². The first-order chi connectivity index (χ1) is 11.5. The fourth-order valence-electron chi connectivity index (χ4n) is 2.37. The van der Waals surface area contributed by atoms with E-state index in [1.165, 1.54) is 16.7 Å². The molecule has 1 aromatic carbocycles. The van der Waals surface area contributed by atoms with Gasteiger partial charge < -0.3 is 15.3 Å². The molecule has 2 unspecified atom stereocenters. The highest BCUT2D eigenvalue weighted by atomic mass is 32.2. The molecule has 2 atom stereocenters. The van der Waals surface area contributed by atoms with E-state index in [9.17, 15) is 19.5 Å². The molecule has 6 nitrogen and oxygen atoms in total. The Bertz CT molecular complexity index is 633. The van der Waals surface area contributed by atoms with E-state index < -0.39 is 24.0 Å². The monoisotopic (exact) mass is 348 g/mol. The topological polar surface area (TPSA) is 86.7 Å². The van der Waals surface area contributed by atoms with Crippen LogP contribution in [0.3, 0.4) is 0 Å². The second-order valence-corrected chi connectivity index (χ2v) is 6.36. The summed E-state index contributed by atoms with van der Waals surface area (Å²) in [7, 11) is 0. The largest absolute Gasteiger partial charge is 0.480 e. The van der Waals surface area contributed by atoms with Crippen LogP contribution in [-0.4, -0.2) is 51.5 Å². The second kappa shape index (κ2) is 8.54. The zero-order chi connectivity index (χ0) is 17.5. The number of nitrogens with one attached hydrogen (secondary N) is 1. The van der Waals surface area contributed by atoms with Gasteiger partial charge in [0.05, 0.1) is 5.88 Å². The molecule has 24 heavy (non-hydrogen) atoms. The predicted molar refractivity (Wildman–Crippen MR) is 92.7 cm³/mol. The maximum atomic E-state index is 12.6. The zero-order valence-corrected chi connectivity index (χ0v) is 14.2. The molecule has 2 rings (SSSR count). The van der Waals surface area contributed by atoms with E-state index in [0.29, 0.717) is 17.2 Å². The van der Waals surface area contributed by atoms with Crippen LogP contribution in [-0.2, 0) is 9.59 Å². The van der Waals surface area contributed by atoms with E-state index in [-0.39, 0.29) is 12.3 Å². The third-order valence-corrected chi connectivity index (χ3v) is 4.70. The molecule has 128 valence electrons. The van der Waals surface area contributed by atoms with Crippen molar-refractivity contribution < 1.29 is 19.5 Å². The molecule has 1 aromatic rings. The number of thioether (sulfide) groups is 1. The van der Waals surface area contributed by atoms with Crippen LogP contribution in [0.2, 0.25) is 0 Å². The molecule has 0 spiro atoms. The molecule has 7 heteroatoms. The van der Waals surface area contributed by atoms with Crippen molar-refractivity contribution in [2.45, 2.75) is 25.4 Å². The number of nitrogens with zero attached hydrogens (tertiary/aromatic N) is 1. The lowest BCUT2D eigenvalue weighted by atomic mass is 10.1. The summed E-state index contributed by atoms with van der Waals surface area (Å²) in [5, 5.41) is 11.7. The SMILES string of the molecule is C/C=C/CC(NC(=O)C1CSCN1C(=O)c1ccccc1)C(=O)O. The highest BCUT2D eigenvalue weighted by Crippen LogP contribution is 2.23. The van der Waals surface area contributed by atoms with Crippen molar-refractivity contribution in [3.05, 3.63) is 48.0 Å². The Hall–Kier alpha value is -2.28. The summed E-state index contributed by atoms with van der Waals surface area (Å²) in [5.41, 5.74) is 0.515.